The van der Waals surface area contributed by atoms with E-state index in [0.717, 1.165) is 0 Å². The highest BCUT2D eigenvalue weighted by Gasteiger charge is 2.07. The molecular weight excluding hydrogens is 224 g/mol. The number of nitrogens with one attached hydrogen (secondary N) is 1. The van der Waals surface area contributed by atoms with Crippen molar-refractivity contribution in [1.29, 1.82) is 0 Å². The van der Waals surface area contributed by atoms with Gasteiger partial charge in [0.2, 0.25) is 11.9 Å². The maximum absolute atomic E-state index is 4.91. The Morgan fingerprint density at radius 2 is 1.47 bits per heavy atom. The fraction of sp³-hybridized carbons (Fsp3) is 0.222. The van der Waals surface area contributed by atoms with Crippen LogP contribution in [0.3, 0.4) is 0 Å². The van der Waals surface area contributed by atoms with Crippen LogP contribution in [0.15, 0.2) is 18.5 Å². The Balaban J connectivity index is 2.26. The molecule has 0 aromatic carbocycles. The summed E-state index contributed by atoms with van der Waals surface area (Å²) in [7, 11) is 2.91. The molecule has 2 aromatic heterocycles. The van der Waals surface area contributed by atoms with E-state index < -0.39 is 0 Å². The first-order valence-electron chi connectivity index (χ1n) is 4.70. The average Bonchev–Trinajstić information content (AvgIpc) is 2.39. The zero-order valence-electron chi connectivity index (χ0n) is 9.28. The second-order valence-electron chi connectivity index (χ2n) is 2.83. The van der Waals surface area contributed by atoms with Crippen molar-refractivity contribution in [2.45, 2.75) is 0 Å². The Bertz CT molecular complexity index is 470. The number of methoxy groups -OCH3 is 2. The van der Waals surface area contributed by atoms with Gasteiger partial charge in [-0.2, -0.15) is 9.97 Å². The van der Waals surface area contributed by atoms with Crippen LogP contribution in [0.5, 0.6) is 12.0 Å². The third-order valence-electron chi connectivity index (χ3n) is 1.75. The lowest BCUT2D eigenvalue weighted by atomic mass is 10.7. The smallest absolute Gasteiger partial charge is 0.324 e. The van der Waals surface area contributed by atoms with Gasteiger partial charge in [-0.25, -0.2) is 9.97 Å². The molecule has 0 fully saturated rings. The first kappa shape index (κ1) is 11.0. The van der Waals surface area contributed by atoms with Crippen molar-refractivity contribution in [3.63, 3.8) is 0 Å². The molecule has 0 saturated heterocycles. The maximum atomic E-state index is 4.91. The molecule has 1 N–H and O–H groups in total. The summed E-state index contributed by atoms with van der Waals surface area (Å²) in [5.74, 6) is 0.628. The number of nitrogens with zero attached hydrogens (tertiary/aromatic N) is 5. The van der Waals surface area contributed by atoms with Crippen LogP contribution in [0.2, 0.25) is 0 Å². The van der Waals surface area contributed by atoms with Crippen LogP contribution in [-0.2, 0) is 0 Å². The van der Waals surface area contributed by atoms with Crippen molar-refractivity contribution in [1.82, 2.24) is 24.9 Å². The normalized spacial score (nSPS) is 9.76. The predicted molar refractivity (Wildman–Crippen MR) is 58.2 cm³/mol. The highest BCUT2D eigenvalue weighted by Crippen LogP contribution is 2.14. The van der Waals surface area contributed by atoms with E-state index in [1.54, 1.807) is 18.5 Å². The molecule has 0 aliphatic carbocycles. The van der Waals surface area contributed by atoms with Gasteiger partial charge in [-0.3, -0.25) is 5.32 Å². The van der Waals surface area contributed by atoms with Crippen LogP contribution >= 0.6 is 0 Å². The van der Waals surface area contributed by atoms with Gasteiger partial charge in [0.15, 0.2) is 0 Å². The second kappa shape index (κ2) is 5.01. The standard InChI is InChI=1S/C9H10N6O2/c1-16-8-13-7(14-9(15-8)17-2)12-6-10-4-3-5-11-6/h3-5H,1-2H3,(H,10,11,12,13,14,15). The molecule has 8 heteroatoms. The lowest BCUT2D eigenvalue weighted by Crippen LogP contribution is -2.05. The lowest BCUT2D eigenvalue weighted by Gasteiger charge is -2.05. The van der Waals surface area contributed by atoms with Gasteiger partial charge in [-0.05, 0) is 6.07 Å². The van der Waals surface area contributed by atoms with Gasteiger partial charge in [-0.15, -0.1) is 4.98 Å². The topological polar surface area (TPSA) is 94.9 Å². The van der Waals surface area contributed by atoms with Crippen molar-refractivity contribution >= 4 is 11.9 Å². The van der Waals surface area contributed by atoms with Crippen molar-refractivity contribution < 1.29 is 9.47 Å². The number of anilines is 2. The van der Waals surface area contributed by atoms with Gasteiger partial charge in [0.1, 0.15) is 0 Å². The van der Waals surface area contributed by atoms with Gasteiger partial charge in [0, 0.05) is 12.4 Å². The molecule has 0 saturated carbocycles. The fourth-order valence-electron chi connectivity index (χ4n) is 1.04. The van der Waals surface area contributed by atoms with Crippen LogP contribution in [0, 0.1) is 0 Å². The molecule has 0 unspecified atom stereocenters. The van der Waals surface area contributed by atoms with Crippen LogP contribution < -0.4 is 14.8 Å². The van der Waals surface area contributed by atoms with Crippen molar-refractivity contribution in [3.05, 3.63) is 18.5 Å². The summed E-state index contributed by atoms with van der Waals surface area (Å²) < 4.78 is 9.82. The van der Waals surface area contributed by atoms with Gasteiger partial charge < -0.3 is 9.47 Å². The van der Waals surface area contributed by atoms with E-state index in [-0.39, 0.29) is 18.0 Å². The van der Waals surface area contributed by atoms with Gasteiger partial charge in [0.05, 0.1) is 14.2 Å². The number of hydrogen-bond acceptors (Lipinski definition) is 8. The third kappa shape index (κ3) is 2.74. The van der Waals surface area contributed by atoms with E-state index in [1.165, 1.54) is 14.2 Å². The van der Waals surface area contributed by atoms with E-state index in [1.807, 2.05) is 0 Å². The zero-order valence-corrected chi connectivity index (χ0v) is 9.28. The molecule has 2 rings (SSSR count). The minimum Gasteiger partial charge on any atom is -0.467 e. The molecule has 2 aromatic rings. The third-order valence-corrected chi connectivity index (χ3v) is 1.75. The summed E-state index contributed by atoms with van der Waals surface area (Å²) in [6, 6.07) is 2.00. The Morgan fingerprint density at radius 3 is 2.00 bits per heavy atom. The van der Waals surface area contributed by atoms with Crippen LogP contribution in [0.25, 0.3) is 0 Å². The molecule has 88 valence electrons. The number of aromatic nitrogens is 5. The van der Waals surface area contributed by atoms with E-state index in [2.05, 4.69) is 30.2 Å². The van der Waals surface area contributed by atoms with Crippen LogP contribution in [0.4, 0.5) is 11.9 Å². The molecule has 2 heterocycles. The number of rotatable bonds is 4. The molecule has 0 atom stereocenters. The first-order chi connectivity index (χ1) is 8.31. The largest absolute Gasteiger partial charge is 0.467 e. The maximum Gasteiger partial charge on any atom is 0.324 e. The van der Waals surface area contributed by atoms with Crippen molar-refractivity contribution in [2.75, 3.05) is 19.5 Å². The average molecular weight is 234 g/mol. The number of ether oxygens (including phenoxy) is 2. The summed E-state index contributed by atoms with van der Waals surface area (Å²) in [5, 5.41) is 2.81. The van der Waals surface area contributed by atoms with Gasteiger partial charge in [-0.1, -0.05) is 0 Å². The molecule has 0 bridgehead atoms. The zero-order chi connectivity index (χ0) is 12.1. The van der Waals surface area contributed by atoms with Crippen LogP contribution in [-0.4, -0.2) is 39.1 Å². The Kier molecular flexibility index (Phi) is 3.24. The monoisotopic (exact) mass is 234 g/mol. The van der Waals surface area contributed by atoms with E-state index in [0.29, 0.717) is 5.95 Å². The molecule has 0 aliphatic heterocycles. The van der Waals surface area contributed by atoms with Gasteiger partial charge >= 0.3 is 12.0 Å². The van der Waals surface area contributed by atoms with Crippen molar-refractivity contribution in [2.24, 2.45) is 0 Å². The Hall–Kier alpha value is -2.51. The van der Waals surface area contributed by atoms with Crippen molar-refractivity contribution in [3.8, 4) is 12.0 Å². The number of hydrogen-bond donors (Lipinski definition) is 1. The molecular formula is C9H10N6O2. The highest BCUT2D eigenvalue weighted by atomic mass is 16.5. The van der Waals surface area contributed by atoms with Gasteiger partial charge in [0.25, 0.3) is 0 Å². The van der Waals surface area contributed by atoms with E-state index in [4.69, 9.17) is 9.47 Å². The summed E-state index contributed by atoms with van der Waals surface area (Å²) in [6.45, 7) is 0. The molecule has 0 amide bonds. The second-order valence-corrected chi connectivity index (χ2v) is 2.83. The summed E-state index contributed by atoms with van der Waals surface area (Å²) in [6.07, 6.45) is 3.20. The molecule has 8 nitrogen and oxygen atoms in total. The fourth-order valence-corrected chi connectivity index (χ4v) is 1.04. The molecule has 0 aliphatic rings. The molecule has 0 radical (unpaired) electrons. The van der Waals surface area contributed by atoms with E-state index in [9.17, 15) is 0 Å². The van der Waals surface area contributed by atoms with E-state index >= 15 is 0 Å². The summed E-state index contributed by atoms with van der Waals surface area (Å²) >= 11 is 0. The SMILES string of the molecule is COc1nc(Nc2ncccn2)nc(OC)n1. The lowest BCUT2D eigenvalue weighted by molar-refractivity contribution is 0.341. The summed E-state index contributed by atoms with van der Waals surface area (Å²) in [5.41, 5.74) is 0. The first-order valence-corrected chi connectivity index (χ1v) is 4.70. The Labute approximate surface area is 97.1 Å². The minimum absolute atomic E-state index is 0.148. The van der Waals surface area contributed by atoms with Crippen LogP contribution in [0.1, 0.15) is 0 Å². The quantitative estimate of drug-likeness (QED) is 0.813. The molecule has 17 heavy (non-hydrogen) atoms. The minimum atomic E-state index is 0.148. The Morgan fingerprint density at radius 1 is 0.882 bits per heavy atom. The highest BCUT2D eigenvalue weighted by molar-refractivity contribution is 5.42. The summed E-state index contributed by atoms with van der Waals surface area (Å²) in [4.78, 5) is 19.8. The predicted octanol–water partition coefficient (Wildman–Crippen LogP) is 0.422. The molecule has 0 spiro atoms.